The van der Waals surface area contributed by atoms with E-state index in [0.29, 0.717) is 11.1 Å². The molecule has 0 fully saturated rings. The zero-order valence-electron chi connectivity index (χ0n) is 15.5. The Bertz CT molecular complexity index is 792. The zero-order chi connectivity index (χ0) is 17.7. The third-order valence-electron chi connectivity index (χ3n) is 5.62. The lowest BCUT2D eigenvalue weighted by Gasteiger charge is -2.40. The molecule has 2 unspecified atom stereocenters. The van der Waals surface area contributed by atoms with Crippen molar-refractivity contribution in [3.8, 4) is 0 Å². The Labute approximate surface area is 153 Å². The van der Waals surface area contributed by atoms with Crippen molar-refractivity contribution in [1.29, 1.82) is 0 Å². The predicted molar refractivity (Wildman–Crippen MR) is 112 cm³/mol. The van der Waals surface area contributed by atoms with Crippen molar-refractivity contribution in [3.05, 3.63) is 82.9 Å². The topological polar surface area (TPSA) is 9.23 Å². The summed E-state index contributed by atoms with van der Waals surface area (Å²) in [4.78, 5) is 0. The summed E-state index contributed by atoms with van der Waals surface area (Å²) in [6.07, 6.45) is 9.30. The molecule has 0 saturated carbocycles. The van der Waals surface area contributed by atoms with E-state index in [0.717, 1.165) is 0 Å². The average Bonchev–Trinajstić information content (AvgIpc) is 3.18. The van der Waals surface area contributed by atoms with Crippen LogP contribution in [0.3, 0.4) is 0 Å². The SMILES string of the molecule is C[Si](C)(O[Si](C)(C)C1C=Cc2ccccc21)C1C=Cc2ccccc21. The van der Waals surface area contributed by atoms with Gasteiger partial charge in [-0.15, -0.1) is 0 Å². The first-order valence-corrected chi connectivity index (χ1v) is 15.1. The summed E-state index contributed by atoms with van der Waals surface area (Å²) in [5.41, 5.74) is 6.54. The zero-order valence-corrected chi connectivity index (χ0v) is 17.5. The van der Waals surface area contributed by atoms with Crippen molar-refractivity contribution >= 4 is 28.8 Å². The Morgan fingerprint density at radius 1 is 0.640 bits per heavy atom. The molecule has 0 aliphatic heterocycles. The molecule has 0 amide bonds. The number of allylic oxidation sites excluding steroid dienone is 2. The Balaban J connectivity index is 1.61. The molecular weight excluding hydrogens is 336 g/mol. The van der Waals surface area contributed by atoms with Crippen LogP contribution in [0.25, 0.3) is 12.2 Å². The van der Waals surface area contributed by atoms with Gasteiger partial charge in [0.1, 0.15) is 0 Å². The molecule has 3 heteroatoms. The van der Waals surface area contributed by atoms with Crippen LogP contribution in [0.2, 0.25) is 26.2 Å². The second-order valence-corrected chi connectivity index (χ2v) is 16.7. The van der Waals surface area contributed by atoms with Crippen LogP contribution in [0.5, 0.6) is 0 Å². The summed E-state index contributed by atoms with van der Waals surface area (Å²) in [6, 6.07) is 17.5. The number of benzene rings is 2. The molecule has 2 aliphatic carbocycles. The molecule has 0 bridgehead atoms. The molecule has 4 rings (SSSR count). The molecule has 2 aliphatic rings. The van der Waals surface area contributed by atoms with Gasteiger partial charge in [0, 0.05) is 11.1 Å². The second kappa shape index (κ2) is 5.94. The molecule has 2 aromatic rings. The molecule has 0 aromatic heterocycles. The van der Waals surface area contributed by atoms with Crippen LogP contribution >= 0.6 is 0 Å². The monoisotopic (exact) mass is 362 g/mol. The summed E-state index contributed by atoms with van der Waals surface area (Å²) in [6.45, 7) is 9.57. The first-order chi connectivity index (χ1) is 11.9. The van der Waals surface area contributed by atoms with Gasteiger partial charge < -0.3 is 4.12 Å². The molecule has 128 valence electrons. The standard InChI is InChI=1S/C22H26OSi2/c1-24(2,21-15-13-17-9-5-7-11-19(17)21)23-25(3,4)22-16-14-18-10-6-8-12-20(18)22/h5-16,21-22H,1-4H3. The van der Waals surface area contributed by atoms with E-state index in [1.165, 1.54) is 22.3 Å². The Morgan fingerprint density at radius 3 is 1.48 bits per heavy atom. The van der Waals surface area contributed by atoms with Gasteiger partial charge in [-0.2, -0.15) is 0 Å². The fourth-order valence-electron chi connectivity index (χ4n) is 4.52. The van der Waals surface area contributed by atoms with Crippen LogP contribution in [-0.4, -0.2) is 16.6 Å². The molecular formula is C22H26OSi2. The molecule has 0 spiro atoms. The summed E-state index contributed by atoms with van der Waals surface area (Å²) in [5.74, 6) is 0. The molecule has 0 radical (unpaired) electrons. The maximum absolute atomic E-state index is 7.08. The second-order valence-electron chi connectivity index (χ2n) is 8.24. The van der Waals surface area contributed by atoms with Gasteiger partial charge in [0.05, 0.1) is 0 Å². The average molecular weight is 363 g/mol. The highest BCUT2D eigenvalue weighted by Crippen LogP contribution is 2.43. The van der Waals surface area contributed by atoms with Gasteiger partial charge in [-0.1, -0.05) is 72.8 Å². The fourth-order valence-corrected chi connectivity index (χ4v) is 14.1. The van der Waals surface area contributed by atoms with Gasteiger partial charge in [-0.25, -0.2) is 0 Å². The molecule has 0 heterocycles. The van der Waals surface area contributed by atoms with E-state index in [2.05, 4.69) is 99.0 Å². The van der Waals surface area contributed by atoms with Crippen molar-refractivity contribution in [1.82, 2.24) is 0 Å². The minimum Gasteiger partial charge on any atom is -0.454 e. The maximum atomic E-state index is 7.08. The first-order valence-electron chi connectivity index (χ1n) is 9.13. The largest absolute Gasteiger partial charge is 0.454 e. The van der Waals surface area contributed by atoms with E-state index in [9.17, 15) is 0 Å². The van der Waals surface area contributed by atoms with Gasteiger partial charge in [0.2, 0.25) is 0 Å². The van der Waals surface area contributed by atoms with Crippen molar-refractivity contribution in [2.45, 2.75) is 37.3 Å². The number of hydrogen-bond acceptors (Lipinski definition) is 1. The summed E-state index contributed by atoms with van der Waals surface area (Å²) in [7, 11) is -3.81. The van der Waals surface area contributed by atoms with Gasteiger partial charge in [-0.05, 0) is 48.4 Å². The minimum absolute atomic E-state index is 0.455. The molecule has 1 nitrogen and oxygen atoms in total. The summed E-state index contributed by atoms with van der Waals surface area (Å²) >= 11 is 0. The fraction of sp³-hybridized carbons (Fsp3) is 0.273. The van der Waals surface area contributed by atoms with Crippen LogP contribution in [-0.2, 0) is 4.12 Å². The molecule has 0 saturated heterocycles. The van der Waals surface area contributed by atoms with E-state index < -0.39 is 16.6 Å². The maximum Gasteiger partial charge on any atom is 0.184 e. The highest BCUT2D eigenvalue weighted by atomic mass is 28.4. The Kier molecular flexibility index (Phi) is 3.98. The lowest BCUT2D eigenvalue weighted by Crippen LogP contribution is -2.50. The van der Waals surface area contributed by atoms with E-state index in [1.54, 1.807) is 0 Å². The molecule has 25 heavy (non-hydrogen) atoms. The van der Waals surface area contributed by atoms with Crippen LogP contribution in [0, 0.1) is 0 Å². The quantitative estimate of drug-likeness (QED) is 0.596. The highest BCUT2D eigenvalue weighted by molar-refractivity contribution is 6.86. The van der Waals surface area contributed by atoms with Crippen molar-refractivity contribution in [3.63, 3.8) is 0 Å². The van der Waals surface area contributed by atoms with E-state index in [-0.39, 0.29) is 0 Å². The normalized spacial score (nSPS) is 21.4. The highest BCUT2D eigenvalue weighted by Gasteiger charge is 2.45. The lowest BCUT2D eigenvalue weighted by atomic mass is 10.1. The summed E-state index contributed by atoms with van der Waals surface area (Å²) < 4.78 is 7.08. The first kappa shape index (κ1) is 16.8. The molecule has 2 atom stereocenters. The van der Waals surface area contributed by atoms with E-state index in [1.807, 2.05) is 0 Å². The van der Waals surface area contributed by atoms with Gasteiger partial charge in [0.25, 0.3) is 0 Å². The third-order valence-corrected chi connectivity index (χ3v) is 13.8. The third kappa shape index (κ3) is 2.90. The molecule has 2 aromatic carbocycles. The van der Waals surface area contributed by atoms with Crippen LogP contribution in [0.1, 0.15) is 33.3 Å². The predicted octanol–water partition coefficient (Wildman–Crippen LogP) is 6.11. The number of hydrogen-bond donors (Lipinski definition) is 0. The smallest absolute Gasteiger partial charge is 0.184 e. The minimum atomic E-state index is -1.90. The van der Waals surface area contributed by atoms with E-state index in [4.69, 9.17) is 4.12 Å². The van der Waals surface area contributed by atoms with Crippen molar-refractivity contribution < 1.29 is 4.12 Å². The van der Waals surface area contributed by atoms with Crippen LogP contribution in [0.4, 0.5) is 0 Å². The molecule has 0 N–H and O–H groups in total. The van der Waals surface area contributed by atoms with Crippen LogP contribution in [0.15, 0.2) is 60.7 Å². The number of fused-ring (bicyclic) bond motifs is 2. The lowest BCUT2D eigenvalue weighted by molar-refractivity contribution is 0.523. The van der Waals surface area contributed by atoms with Gasteiger partial charge in [0.15, 0.2) is 16.6 Å². The Morgan fingerprint density at radius 2 is 1.04 bits per heavy atom. The van der Waals surface area contributed by atoms with Crippen molar-refractivity contribution in [2.75, 3.05) is 0 Å². The van der Waals surface area contributed by atoms with E-state index >= 15 is 0 Å². The Hall–Kier alpha value is -1.69. The van der Waals surface area contributed by atoms with Crippen molar-refractivity contribution in [2.24, 2.45) is 0 Å². The van der Waals surface area contributed by atoms with Crippen LogP contribution < -0.4 is 0 Å². The van der Waals surface area contributed by atoms with Gasteiger partial charge in [-0.3, -0.25) is 0 Å². The number of rotatable bonds is 4. The van der Waals surface area contributed by atoms with Gasteiger partial charge >= 0.3 is 0 Å². The summed E-state index contributed by atoms with van der Waals surface area (Å²) in [5, 5.41) is 0.